The van der Waals surface area contributed by atoms with E-state index in [1.54, 1.807) is 0 Å². The molecule has 112 valence electrons. The number of amides is 1. The van der Waals surface area contributed by atoms with Gasteiger partial charge in [0.25, 0.3) is 0 Å². The van der Waals surface area contributed by atoms with Crippen LogP contribution in [0.5, 0.6) is 11.5 Å². The summed E-state index contributed by atoms with van der Waals surface area (Å²) in [6.07, 6.45) is 0. The average Bonchev–Trinajstić information content (AvgIpc) is 2.84. The van der Waals surface area contributed by atoms with Crippen LogP contribution in [0.3, 0.4) is 0 Å². The van der Waals surface area contributed by atoms with Crippen molar-refractivity contribution < 1.29 is 14.3 Å². The molecule has 2 heterocycles. The van der Waals surface area contributed by atoms with E-state index < -0.39 is 0 Å². The van der Waals surface area contributed by atoms with Crippen LogP contribution < -0.4 is 14.8 Å². The van der Waals surface area contributed by atoms with Crippen LogP contribution in [-0.4, -0.2) is 24.1 Å². The summed E-state index contributed by atoms with van der Waals surface area (Å²) in [5.74, 6) is 1.71. The number of carbonyl (C=O) groups is 1. The fourth-order valence-electron chi connectivity index (χ4n) is 2.04. The lowest BCUT2D eigenvalue weighted by Gasteiger charge is -2.17. The Balaban J connectivity index is 1.86. The highest BCUT2D eigenvalue weighted by atomic mass is 32.1. The van der Waals surface area contributed by atoms with Crippen molar-refractivity contribution in [3.8, 4) is 11.5 Å². The van der Waals surface area contributed by atoms with Gasteiger partial charge >= 0.3 is 0 Å². The molecule has 21 heavy (non-hydrogen) atoms. The summed E-state index contributed by atoms with van der Waals surface area (Å²) in [5, 5.41) is 3.51. The van der Waals surface area contributed by atoms with E-state index in [2.05, 4.69) is 10.3 Å². The fraction of sp³-hybridized carbons (Fsp3) is 0.467. The van der Waals surface area contributed by atoms with Gasteiger partial charge < -0.3 is 14.8 Å². The lowest BCUT2D eigenvalue weighted by molar-refractivity contribution is -0.120. The molecule has 1 aliphatic heterocycles. The predicted molar refractivity (Wildman–Crippen MR) is 83.2 cm³/mol. The van der Waals surface area contributed by atoms with E-state index in [0.29, 0.717) is 30.0 Å². The lowest BCUT2D eigenvalue weighted by atomic mass is 9.97. The van der Waals surface area contributed by atoms with Crippen LogP contribution in [0.15, 0.2) is 12.1 Å². The fourth-order valence-corrected chi connectivity index (χ4v) is 2.92. The monoisotopic (exact) mass is 306 g/mol. The minimum absolute atomic E-state index is 0.00122. The smallest absolute Gasteiger partial charge is 0.229 e. The third-order valence-corrected chi connectivity index (χ3v) is 4.63. The first kappa shape index (κ1) is 14.1. The molecule has 1 atom stereocenters. The molecular formula is C15H18N2O3S. The Morgan fingerprint density at radius 1 is 1.24 bits per heavy atom. The van der Waals surface area contributed by atoms with E-state index >= 15 is 0 Å². The molecule has 1 aromatic carbocycles. The van der Waals surface area contributed by atoms with Crippen molar-refractivity contribution in [2.24, 2.45) is 11.8 Å². The molecule has 3 rings (SSSR count). The summed E-state index contributed by atoms with van der Waals surface area (Å²) in [4.78, 5) is 16.5. The van der Waals surface area contributed by atoms with Crippen LogP contribution in [0.1, 0.15) is 20.8 Å². The third kappa shape index (κ3) is 2.81. The zero-order chi connectivity index (χ0) is 15.0. The zero-order valence-corrected chi connectivity index (χ0v) is 13.1. The van der Waals surface area contributed by atoms with E-state index in [0.717, 1.165) is 16.0 Å². The highest BCUT2D eigenvalue weighted by Gasteiger charge is 2.19. The molecule has 1 aliphatic rings. The Kier molecular flexibility index (Phi) is 3.71. The molecule has 0 fully saturated rings. The Labute approximate surface area is 127 Å². The van der Waals surface area contributed by atoms with Crippen molar-refractivity contribution >= 4 is 32.6 Å². The molecule has 1 unspecified atom stereocenters. The maximum Gasteiger partial charge on any atom is 0.229 e. The number of anilines is 1. The largest absolute Gasteiger partial charge is 0.486 e. The number of aromatic nitrogens is 1. The minimum atomic E-state index is -0.0446. The molecule has 0 spiro atoms. The molecule has 0 saturated heterocycles. The van der Waals surface area contributed by atoms with Crippen molar-refractivity contribution in [3.63, 3.8) is 0 Å². The second-order valence-electron chi connectivity index (χ2n) is 5.50. The number of benzene rings is 1. The van der Waals surface area contributed by atoms with Crippen LogP contribution in [0, 0.1) is 11.8 Å². The number of hydrogen-bond donors (Lipinski definition) is 1. The SMILES string of the molecule is CC(C)C(C)C(=O)Nc1nc2cc3c(cc2s1)OCCO3. The highest BCUT2D eigenvalue weighted by molar-refractivity contribution is 7.22. The number of fused-ring (bicyclic) bond motifs is 2. The molecule has 0 saturated carbocycles. The van der Waals surface area contributed by atoms with Crippen molar-refractivity contribution in [1.29, 1.82) is 0 Å². The van der Waals surface area contributed by atoms with E-state index in [1.807, 2.05) is 32.9 Å². The van der Waals surface area contributed by atoms with Crippen LogP contribution in [0.4, 0.5) is 5.13 Å². The Hall–Kier alpha value is -1.82. The second-order valence-corrected chi connectivity index (χ2v) is 6.54. The first-order valence-electron chi connectivity index (χ1n) is 7.05. The van der Waals surface area contributed by atoms with E-state index in [9.17, 15) is 4.79 Å². The summed E-state index contributed by atoms with van der Waals surface area (Å²) in [6.45, 7) is 7.11. The van der Waals surface area contributed by atoms with Gasteiger partial charge in [-0.2, -0.15) is 0 Å². The zero-order valence-electron chi connectivity index (χ0n) is 12.3. The van der Waals surface area contributed by atoms with Crippen LogP contribution >= 0.6 is 11.3 Å². The highest BCUT2D eigenvalue weighted by Crippen LogP contribution is 2.37. The molecule has 1 N–H and O–H groups in total. The van der Waals surface area contributed by atoms with E-state index in [-0.39, 0.29) is 11.8 Å². The van der Waals surface area contributed by atoms with Gasteiger partial charge in [-0.25, -0.2) is 4.98 Å². The molecule has 5 nitrogen and oxygen atoms in total. The number of ether oxygens (including phenoxy) is 2. The molecule has 2 aromatic rings. The van der Waals surface area contributed by atoms with Gasteiger partial charge in [0.15, 0.2) is 16.6 Å². The van der Waals surface area contributed by atoms with Gasteiger partial charge in [0.1, 0.15) is 13.2 Å². The van der Waals surface area contributed by atoms with Crippen molar-refractivity contribution in [2.75, 3.05) is 18.5 Å². The summed E-state index contributed by atoms with van der Waals surface area (Å²) in [6, 6.07) is 3.78. The molecule has 6 heteroatoms. The van der Waals surface area contributed by atoms with Crippen LogP contribution in [-0.2, 0) is 4.79 Å². The Bertz CT molecular complexity index is 638. The lowest BCUT2D eigenvalue weighted by Crippen LogP contribution is -2.24. The topological polar surface area (TPSA) is 60.5 Å². The predicted octanol–water partition coefficient (Wildman–Crippen LogP) is 3.30. The van der Waals surface area contributed by atoms with Crippen molar-refractivity contribution in [1.82, 2.24) is 4.98 Å². The van der Waals surface area contributed by atoms with Gasteiger partial charge in [-0.05, 0) is 5.92 Å². The van der Waals surface area contributed by atoms with Gasteiger partial charge in [0, 0.05) is 18.1 Å². The third-order valence-electron chi connectivity index (χ3n) is 3.70. The number of hydrogen-bond acceptors (Lipinski definition) is 5. The standard InChI is InChI=1S/C15H18N2O3S/c1-8(2)9(3)14(18)17-15-16-10-6-11-12(7-13(10)21-15)20-5-4-19-11/h6-9H,4-5H2,1-3H3,(H,16,17,18). The number of nitrogens with one attached hydrogen (secondary N) is 1. The van der Waals surface area contributed by atoms with Gasteiger partial charge in [0.2, 0.25) is 5.91 Å². The van der Waals surface area contributed by atoms with E-state index in [1.165, 1.54) is 11.3 Å². The maximum atomic E-state index is 12.1. The quantitative estimate of drug-likeness (QED) is 0.945. The Morgan fingerprint density at radius 3 is 2.57 bits per heavy atom. The first-order chi connectivity index (χ1) is 10.0. The van der Waals surface area contributed by atoms with Gasteiger partial charge in [-0.3, -0.25) is 4.79 Å². The van der Waals surface area contributed by atoms with Crippen LogP contribution in [0.2, 0.25) is 0 Å². The summed E-state index contributed by atoms with van der Waals surface area (Å²) < 4.78 is 12.1. The maximum absolute atomic E-state index is 12.1. The minimum Gasteiger partial charge on any atom is -0.486 e. The van der Waals surface area contributed by atoms with Gasteiger partial charge in [-0.1, -0.05) is 32.1 Å². The molecule has 0 bridgehead atoms. The Morgan fingerprint density at radius 2 is 1.90 bits per heavy atom. The molecule has 0 radical (unpaired) electrons. The normalized spacial score (nSPS) is 15.2. The summed E-state index contributed by atoms with van der Waals surface area (Å²) in [7, 11) is 0. The molecular weight excluding hydrogens is 288 g/mol. The molecule has 0 aliphatic carbocycles. The summed E-state index contributed by atoms with van der Waals surface area (Å²) >= 11 is 1.45. The summed E-state index contributed by atoms with van der Waals surface area (Å²) in [5.41, 5.74) is 0.816. The van der Waals surface area contributed by atoms with Crippen molar-refractivity contribution in [2.45, 2.75) is 20.8 Å². The first-order valence-corrected chi connectivity index (χ1v) is 7.87. The molecule has 1 aromatic heterocycles. The second kappa shape index (κ2) is 5.52. The van der Waals surface area contributed by atoms with Crippen molar-refractivity contribution in [3.05, 3.63) is 12.1 Å². The van der Waals surface area contributed by atoms with Gasteiger partial charge in [0.05, 0.1) is 10.2 Å². The number of nitrogens with zero attached hydrogens (tertiary/aromatic N) is 1. The van der Waals surface area contributed by atoms with E-state index in [4.69, 9.17) is 9.47 Å². The number of carbonyl (C=O) groups excluding carboxylic acids is 1. The molecule has 1 amide bonds. The van der Waals surface area contributed by atoms with Crippen LogP contribution in [0.25, 0.3) is 10.2 Å². The number of thiazole rings is 1. The number of rotatable bonds is 3. The average molecular weight is 306 g/mol. The van der Waals surface area contributed by atoms with Gasteiger partial charge in [-0.15, -0.1) is 0 Å².